The molecule has 28 heavy (non-hydrogen) atoms. The average molecular weight is 379 g/mol. The van der Waals surface area contributed by atoms with E-state index >= 15 is 0 Å². The minimum atomic E-state index is -0.881. The summed E-state index contributed by atoms with van der Waals surface area (Å²) in [6, 6.07) is 12.5. The number of nitrogens with one attached hydrogen (secondary N) is 2. The quantitative estimate of drug-likeness (QED) is 0.283. The van der Waals surface area contributed by atoms with E-state index in [-0.39, 0.29) is 18.2 Å². The van der Waals surface area contributed by atoms with Gasteiger partial charge in [-0.25, -0.2) is 4.98 Å². The van der Waals surface area contributed by atoms with E-state index in [1.54, 1.807) is 24.3 Å². The summed E-state index contributed by atoms with van der Waals surface area (Å²) in [6.45, 7) is 0.305. The predicted octanol–water partition coefficient (Wildman–Crippen LogP) is 2.12. The van der Waals surface area contributed by atoms with E-state index in [1.165, 1.54) is 0 Å². The number of amidine groups is 1. The number of benzene rings is 2. The second-order valence-corrected chi connectivity index (χ2v) is 6.44. The summed E-state index contributed by atoms with van der Waals surface area (Å²) in [5, 5.41) is 18.8. The lowest BCUT2D eigenvalue weighted by Crippen LogP contribution is -2.24. The summed E-state index contributed by atoms with van der Waals surface area (Å²) in [5.74, 6) is -0.391. The molecule has 3 aromatic rings. The highest BCUT2D eigenvalue weighted by molar-refractivity contribution is 5.98. The number of aliphatic carboxylic acids is 1. The number of fused-ring (bicyclic) bond motifs is 1. The monoisotopic (exact) mass is 379 g/mol. The number of hydrogen-bond donors (Lipinski definition) is 4. The van der Waals surface area contributed by atoms with Gasteiger partial charge >= 0.3 is 5.97 Å². The first-order valence-corrected chi connectivity index (χ1v) is 8.78. The van der Waals surface area contributed by atoms with Gasteiger partial charge in [-0.05, 0) is 24.6 Å². The van der Waals surface area contributed by atoms with Crippen LogP contribution in [0.4, 0.5) is 0 Å². The molecule has 1 heterocycles. The molecule has 0 aliphatic heterocycles. The second-order valence-electron chi connectivity index (χ2n) is 6.44. The van der Waals surface area contributed by atoms with Gasteiger partial charge in [-0.15, -0.1) is 0 Å². The molecule has 2 aromatic carbocycles. The van der Waals surface area contributed by atoms with Gasteiger partial charge in [-0.3, -0.25) is 15.0 Å². The summed E-state index contributed by atoms with van der Waals surface area (Å²) >= 11 is 0. The number of nitrogen functional groups attached to an aromatic ring is 1. The minimum Gasteiger partial charge on any atom is -0.481 e. The average Bonchev–Trinajstić information content (AvgIpc) is 3.01. The fourth-order valence-corrected chi connectivity index (χ4v) is 2.94. The third kappa shape index (κ3) is 4.01. The third-order valence-corrected chi connectivity index (χ3v) is 4.45. The first kappa shape index (κ1) is 19.1. The number of carbonyl (C=O) groups is 2. The van der Waals surface area contributed by atoms with E-state index in [2.05, 4.69) is 10.3 Å². The lowest BCUT2D eigenvalue weighted by Gasteiger charge is -2.05. The van der Waals surface area contributed by atoms with E-state index in [0.717, 1.165) is 16.9 Å². The van der Waals surface area contributed by atoms with Crippen molar-refractivity contribution in [2.75, 3.05) is 6.54 Å². The molecule has 0 aliphatic rings. The van der Waals surface area contributed by atoms with Crippen LogP contribution >= 0.6 is 0 Å². The smallest absolute Gasteiger partial charge is 0.303 e. The van der Waals surface area contributed by atoms with Gasteiger partial charge in [0.25, 0.3) is 5.91 Å². The number of hydrogen-bond acceptors (Lipinski definition) is 4. The largest absolute Gasteiger partial charge is 0.481 e. The highest BCUT2D eigenvalue weighted by Gasteiger charge is 2.13. The molecule has 0 spiro atoms. The summed E-state index contributed by atoms with van der Waals surface area (Å²) < 4.78 is 1.94. The molecule has 1 aromatic heterocycles. The van der Waals surface area contributed by atoms with E-state index in [0.29, 0.717) is 29.6 Å². The summed E-state index contributed by atoms with van der Waals surface area (Å²) in [6.07, 6.45) is 0.401. The number of nitrogens with two attached hydrogens (primary N) is 1. The number of imidazole rings is 1. The Morgan fingerprint density at radius 1 is 1.18 bits per heavy atom. The Bertz CT molecular complexity index is 1050. The van der Waals surface area contributed by atoms with Crippen molar-refractivity contribution >= 4 is 28.7 Å². The Morgan fingerprint density at radius 2 is 1.86 bits per heavy atom. The van der Waals surface area contributed by atoms with Crippen LogP contribution in [-0.4, -0.2) is 38.9 Å². The number of nitrogens with zero attached hydrogens (tertiary/aromatic N) is 2. The van der Waals surface area contributed by atoms with Crippen LogP contribution in [0, 0.1) is 5.41 Å². The molecule has 0 unspecified atom stereocenters. The van der Waals surface area contributed by atoms with E-state index in [9.17, 15) is 9.59 Å². The van der Waals surface area contributed by atoms with Crippen LogP contribution in [0.2, 0.25) is 0 Å². The number of rotatable bonds is 7. The summed E-state index contributed by atoms with van der Waals surface area (Å²) in [5.41, 5.74) is 9.05. The van der Waals surface area contributed by atoms with Crippen molar-refractivity contribution in [3.63, 3.8) is 0 Å². The van der Waals surface area contributed by atoms with Crippen LogP contribution < -0.4 is 11.1 Å². The normalized spacial score (nSPS) is 10.8. The van der Waals surface area contributed by atoms with Gasteiger partial charge in [0, 0.05) is 36.7 Å². The molecule has 0 saturated carbocycles. The van der Waals surface area contributed by atoms with E-state index in [4.69, 9.17) is 16.2 Å². The number of aromatic nitrogens is 2. The Labute approximate surface area is 161 Å². The molecule has 8 nitrogen and oxygen atoms in total. The molecule has 0 bridgehead atoms. The number of carboxylic acids is 1. The number of carboxylic acid groups (broad SMARTS) is 1. The molecule has 3 rings (SSSR count). The number of aryl methyl sites for hydroxylation is 1. The Hall–Kier alpha value is -3.68. The molecule has 0 fully saturated rings. The van der Waals surface area contributed by atoms with Crippen molar-refractivity contribution in [2.24, 2.45) is 12.8 Å². The first-order valence-electron chi connectivity index (χ1n) is 8.78. The fraction of sp³-hybridized carbons (Fsp3) is 0.200. The van der Waals surface area contributed by atoms with Gasteiger partial charge in [0.1, 0.15) is 11.7 Å². The molecule has 0 aliphatic carbocycles. The highest BCUT2D eigenvalue weighted by Crippen LogP contribution is 2.24. The molecule has 1 amide bonds. The maximum atomic E-state index is 12.3. The zero-order valence-electron chi connectivity index (χ0n) is 15.4. The third-order valence-electron chi connectivity index (χ3n) is 4.45. The Morgan fingerprint density at radius 3 is 2.50 bits per heavy atom. The van der Waals surface area contributed by atoms with Gasteiger partial charge in [0.05, 0.1) is 11.0 Å². The lowest BCUT2D eigenvalue weighted by atomic mass is 10.1. The van der Waals surface area contributed by atoms with Crippen molar-refractivity contribution < 1.29 is 14.7 Å². The first-order chi connectivity index (χ1) is 13.4. The SMILES string of the molecule is Cn1c(-c2ccc(C(=N)N)cc2)nc2cc(C(=O)NCCCC(=O)O)ccc21. The standard InChI is InChI=1S/C20H21N5O3/c1-25-16-9-8-14(20(28)23-10-2-3-17(26)27)11-15(16)24-19(25)13-6-4-12(5-7-13)18(21)22/h4-9,11H,2-3,10H2,1H3,(H3,21,22)(H,23,28)(H,26,27). The second kappa shape index (κ2) is 7.91. The molecule has 8 heteroatoms. The van der Waals surface area contributed by atoms with Crippen molar-refractivity contribution in [2.45, 2.75) is 12.8 Å². The molecule has 0 radical (unpaired) electrons. The van der Waals surface area contributed by atoms with Crippen LogP contribution in [0.25, 0.3) is 22.4 Å². The lowest BCUT2D eigenvalue weighted by molar-refractivity contribution is -0.137. The molecule has 0 saturated heterocycles. The Kier molecular flexibility index (Phi) is 5.39. The van der Waals surface area contributed by atoms with Gasteiger partial charge in [-0.2, -0.15) is 0 Å². The number of amides is 1. The maximum absolute atomic E-state index is 12.3. The van der Waals surface area contributed by atoms with Crippen LogP contribution in [0.15, 0.2) is 42.5 Å². The van der Waals surface area contributed by atoms with Crippen molar-refractivity contribution in [3.8, 4) is 11.4 Å². The van der Waals surface area contributed by atoms with Crippen molar-refractivity contribution in [3.05, 3.63) is 53.6 Å². The van der Waals surface area contributed by atoms with Crippen LogP contribution in [-0.2, 0) is 11.8 Å². The maximum Gasteiger partial charge on any atom is 0.303 e. The van der Waals surface area contributed by atoms with Crippen molar-refractivity contribution in [1.82, 2.24) is 14.9 Å². The molecule has 0 atom stereocenters. The molecular weight excluding hydrogens is 358 g/mol. The summed E-state index contributed by atoms with van der Waals surface area (Å²) in [7, 11) is 1.90. The molecule has 5 N–H and O–H groups in total. The van der Waals surface area contributed by atoms with Crippen LogP contribution in [0.5, 0.6) is 0 Å². The zero-order valence-corrected chi connectivity index (χ0v) is 15.4. The van der Waals surface area contributed by atoms with E-state index in [1.807, 2.05) is 29.8 Å². The van der Waals surface area contributed by atoms with Gasteiger partial charge < -0.3 is 20.7 Å². The number of carbonyl (C=O) groups excluding carboxylic acids is 1. The zero-order chi connectivity index (χ0) is 20.3. The van der Waals surface area contributed by atoms with Crippen LogP contribution in [0.1, 0.15) is 28.8 Å². The van der Waals surface area contributed by atoms with Gasteiger partial charge in [-0.1, -0.05) is 24.3 Å². The summed E-state index contributed by atoms with van der Waals surface area (Å²) in [4.78, 5) is 27.4. The minimum absolute atomic E-state index is 0.00978. The molecule has 144 valence electrons. The van der Waals surface area contributed by atoms with Gasteiger partial charge in [0.2, 0.25) is 0 Å². The van der Waals surface area contributed by atoms with Crippen LogP contribution in [0.3, 0.4) is 0 Å². The topological polar surface area (TPSA) is 134 Å². The predicted molar refractivity (Wildman–Crippen MR) is 106 cm³/mol. The molecular formula is C20H21N5O3. The van der Waals surface area contributed by atoms with E-state index < -0.39 is 5.97 Å². The highest BCUT2D eigenvalue weighted by atomic mass is 16.4. The van der Waals surface area contributed by atoms with Crippen molar-refractivity contribution in [1.29, 1.82) is 5.41 Å². The van der Waals surface area contributed by atoms with Gasteiger partial charge in [0.15, 0.2) is 0 Å². The Balaban J connectivity index is 1.82. The fourth-order valence-electron chi connectivity index (χ4n) is 2.94.